The van der Waals surface area contributed by atoms with Crippen LogP contribution in [0, 0.1) is 0 Å². The molecule has 36 heavy (non-hydrogen) atoms. The molecule has 0 bridgehead atoms. The predicted molar refractivity (Wildman–Crippen MR) is 146 cm³/mol. The third-order valence-electron chi connectivity index (χ3n) is 5.37. The van der Waals surface area contributed by atoms with Crippen molar-refractivity contribution in [1.29, 1.82) is 0 Å². The normalized spacial score (nSPS) is 11.4. The van der Waals surface area contributed by atoms with Gasteiger partial charge in [0.15, 0.2) is 0 Å². The molecule has 0 spiro atoms. The highest BCUT2D eigenvalue weighted by Crippen LogP contribution is 2.32. The van der Waals surface area contributed by atoms with E-state index in [0.29, 0.717) is 10.8 Å². The fourth-order valence-corrected chi connectivity index (χ4v) is 5.81. The van der Waals surface area contributed by atoms with Crippen molar-refractivity contribution in [3.05, 3.63) is 83.2 Å². The van der Waals surface area contributed by atoms with Crippen LogP contribution in [0.4, 0.5) is 11.4 Å². The Morgan fingerprint density at radius 1 is 0.667 bits per heavy atom. The van der Waals surface area contributed by atoms with E-state index in [1.54, 1.807) is 30.3 Å². The second-order valence-corrected chi connectivity index (χ2v) is 12.2. The quantitative estimate of drug-likeness (QED) is 0.136. The summed E-state index contributed by atoms with van der Waals surface area (Å²) in [6.45, 7) is 0. The Morgan fingerprint density at radius 3 is 1.47 bits per heavy atom. The van der Waals surface area contributed by atoms with E-state index in [4.69, 9.17) is 16.2 Å². The van der Waals surface area contributed by atoms with Crippen molar-refractivity contribution in [2.24, 2.45) is 4.52 Å². The molecule has 0 amide bonds. The Labute approximate surface area is 214 Å². The SMILES string of the molecule is CN(C)c1cccc2c(S(=O)(=O)Cl)cccc12.CN(C)c1cccc2c(S(=O)(=O)N=[N+]=[N-])cccc12. The average Bonchev–Trinajstić information content (AvgIpc) is 2.82. The number of hydrogen-bond donors (Lipinski definition) is 0. The van der Waals surface area contributed by atoms with E-state index in [1.807, 2.05) is 68.3 Å². The lowest BCUT2D eigenvalue weighted by Gasteiger charge is -2.16. The van der Waals surface area contributed by atoms with Gasteiger partial charge in [-0.3, -0.25) is 0 Å². The van der Waals surface area contributed by atoms with E-state index in [-0.39, 0.29) is 9.79 Å². The Morgan fingerprint density at radius 2 is 1.06 bits per heavy atom. The van der Waals surface area contributed by atoms with Gasteiger partial charge in [-0.05, 0) is 29.8 Å². The molecule has 0 aromatic heterocycles. The second kappa shape index (κ2) is 10.6. The third-order valence-corrected chi connectivity index (χ3v) is 7.95. The molecule has 9 nitrogen and oxygen atoms in total. The second-order valence-electron chi connectivity index (χ2n) is 8.13. The zero-order chi connectivity index (χ0) is 26.7. The first-order valence-electron chi connectivity index (χ1n) is 10.5. The summed E-state index contributed by atoms with van der Waals surface area (Å²) < 4.78 is 49.6. The average molecular weight is 546 g/mol. The Bertz CT molecular complexity index is 1700. The molecule has 0 aliphatic rings. The van der Waals surface area contributed by atoms with Crippen LogP contribution in [0.5, 0.6) is 0 Å². The van der Waals surface area contributed by atoms with Gasteiger partial charge in [-0.15, -0.1) is 0 Å². The van der Waals surface area contributed by atoms with Crippen molar-refractivity contribution >= 4 is 62.7 Å². The molecule has 0 radical (unpaired) electrons. The van der Waals surface area contributed by atoms with E-state index < -0.39 is 19.1 Å². The first kappa shape index (κ1) is 27.1. The smallest absolute Gasteiger partial charge is 0.264 e. The van der Waals surface area contributed by atoms with Gasteiger partial charge < -0.3 is 9.80 Å². The maximum atomic E-state index is 11.9. The van der Waals surface area contributed by atoms with Crippen molar-refractivity contribution in [3.8, 4) is 0 Å². The molecule has 0 saturated heterocycles. The highest BCUT2D eigenvalue weighted by Gasteiger charge is 2.17. The fourth-order valence-electron chi connectivity index (χ4n) is 3.84. The van der Waals surface area contributed by atoms with Gasteiger partial charge in [0, 0.05) is 81.2 Å². The standard InChI is InChI=1S/C12H12ClNO2S.C12H12N4O2S/c1-14(2)11-7-3-6-10-9(11)5-4-8-12(10)17(13,15)16;1-16(2)11-7-3-6-10-9(11)5-4-8-12(10)19(17,18)15-14-13/h3-8H,1-2H3;3-8H,1-2H3. The summed E-state index contributed by atoms with van der Waals surface area (Å²) in [6, 6.07) is 20.9. The number of benzene rings is 4. The third kappa shape index (κ3) is 5.66. The highest BCUT2D eigenvalue weighted by atomic mass is 35.7. The number of nitrogens with zero attached hydrogens (tertiary/aromatic N) is 5. The minimum Gasteiger partial charge on any atom is -0.377 e. The molecule has 188 valence electrons. The summed E-state index contributed by atoms with van der Waals surface area (Å²) in [5, 5.41) is 2.86. The van der Waals surface area contributed by atoms with Crippen LogP contribution in [0.25, 0.3) is 32.0 Å². The van der Waals surface area contributed by atoms with E-state index in [9.17, 15) is 16.8 Å². The monoisotopic (exact) mass is 545 g/mol. The first-order chi connectivity index (χ1) is 16.9. The first-order valence-corrected chi connectivity index (χ1v) is 14.3. The zero-order valence-electron chi connectivity index (χ0n) is 20.0. The lowest BCUT2D eigenvalue weighted by molar-refractivity contribution is 0.598. The largest absolute Gasteiger partial charge is 0.377 e. The van der Waals surface area contributed by atoms with Crippen LogP contribution in [0.1, 0.15) is 0 Å². The van der Waals surface area contributed by atoms with E-state index >= 15 is 0 Å². The van der Waals surface area contributed by atoms with Crippen LogP contribution in [0.2, 0.25) is 0 Å². The summed E-state index contributed by atoms with van der Waals surface area (Å²) in [7, 11) is 5.30. The van der Waals surface area contributed by atoms with Crippen molar-refractivity contribution in [3.63, 3.8) is 0 Å². The number of sulfonamides is 1. The molecular formula is C24H24ClN5O4S2. The lowest BCUT2D eigenvalue weighted by Crippen LogP contribution is -2.09. The molecule has 0 heterocycles. The molecule has 0 N–H and O–H groups in total. The molecular weight excluding hydrogens is 522 g/mol. The number of azide groups is 1. The molecule has 12 heteroatoms. The number of anilines is 2. The Hall–Kier alpha value is -3.50. The Kier molecular flexibility index (Phi) is 8.00. The Balaban J connectivity index is 0.000000202. The van der Waals surface area contributed by atoms with Gasteiger partial charge in [-0.2, -0.15) is 0 Å². The van der Waals surface area contributed by atoms with Crippen LogP contribution in [-0.2, 0) is 19.1 Å². The van der Waals surface area contributed by atoms with Crippen molar-refractivity contribution in [1.82, 2.24) is 0 Å². The van der Waals surface area contributed by atoms with Crippen LogP contribution < -0.4 is 9.80 Å². The van der Waals surface area contributed by atoms with Crippen molar-refractivity contribution in [2.45, 2.75) is 9.79 Å². The van der Waals surface area contributed by atoms with Gasteiger partial charge in [-0.1, -0.05) is 48.5 Å². The zero-order valence-corrected chi connectivity index (χ0v) is 22.4. The lowest BCUT2D eigenvalue weighted by atomic mass is 10.1. The fraction of sp³-hybridized carbons (Fsp3) is 0.167. The van der Waals surface area contributed by atoms with Gasteiger partial charge in [0.25, 0.3) is 19.1 Å². The number of halogens is 1. The van der Waals surface area contributed by atoms with Gasteiger partial charge >= 0.3 is 0 Å². The number of hydrogen-bond acceptors (Lipinski definition) is 6. The molecule has 4 aromatic carbocycles. The minimum absolute atomic E-state index is 0.0199. The summed E-state index contributed by atoms with van der Waals surface area (Å²) in [4.78, 5) is 6.38. The van der Waals surface area contributed by atoms with Crippen LogP contribution in [0.3, 0.4) is 0 Å². The van der Waals surface area contributed by atoms with E-state index in [2.05, 4.69) is 9.43 Å². The van der Waals surface area contributed by atoms with Crippen LogP contribution >= 0.6 is 10.7 Å². The molecule has 0 aliphatic heterocycles. The molecule has 4 rings (SSSR count). The molecule has 0 atom stereocenters. The van der Waals surface area contributed by atoms with Gasteiger partial charge in [-0.25, -0.2) is 16.8 Å². The number of rotatable bonds is 5. The topological polar surface area (TPSA) is 124 Å². The molecule has 0 unspecified atom stereocenters. The van der Waals surface area contributed by atoms with E-state index in [0.717, 1.165) is 22.1 Å². The molecule has 0 saturated carbocycles. The summed E-state index contributed by atoms with van der Waals surface area (Å²) >= 11 is 0. The summed E-state index contributed by atoms with van der Waals surface area (Å²) in [6.07, 6.45) is 0. The molecule has 0 fully saturated rings. The summed E-state index contributed by atoms with van der Waals surface area (Å²) in [5.41, 5.74) is 10.2. The van der Waals surface area contributed by atoms with Gasteiger partial charge in [0.2, 0.25) is 0 Å². The van der Waals surface area contributed by atoms with E-state index in [1.165, 1.54) is 12.1 Å². The van der Waals surface area contributed by atoms with Crippen molar-refractivity contribution in [2.75, 3.05) is 38.0 Å². The van der Waals surface area contributed by atoms with Crippen LogP contribution in [0.15, 0.2) is 87.1 Å². The van der Waals surface area contributed by atoms with Gasteiger partial charge in [0.1, 0.15) is 0 Å². The van der Waals surface area contributed by atoms with Crippen LogP contribution in [-0.4, -0.2) is 45.0 Å². The minimum atomic E-state index is -3.99. The summed E-state index contributed by atoms with van der Waals surface area (Å²) in [5.74, 6) is 0. The maximum Gasteiger partial charge on any atom is 0.264 e. The van der Waals surface area contributed by atoms with Gasteiger partial charge in [0.05, 0.1) is 9.79 Å². The maximum absolute atomic E-state index is 11.9. The van der Waals surface area contributed by atoms with Crippen molar-refractivity contribution < 1.29 is 16.8 Å². The molecule has 4 aromatic rings. The number of fused-ring (bicyclic) bond motifs is 2. The predicted octanol–water partition coefficient (Wildman–Crippen LogP) is 5.74. The molecule has 0 aliphatic carbocycles. The highest BCUT2D eigenvalue weighted by molar-refractivity contribution is 8.14.